The number of anilines is 1. The third kappa shape index (κ3) is 4.41. The molecule has 1 aliphatic rings. The fourth-order valence-corrected chi connectivity index (χ4v) is 4.30. The molecule has 0 saturated carbocycles. The van der Waals surface area contributed by atoms with Crippen molar-refractivity contribution in [2.24, 2.45) is 7.05 Å². The first-order chi connectivity index (χ1) is 16.5. The Morgan fingerprint density at radius 3 is 2.34 bits per heavy atom. The van der Waals surface area contributed by atoms with E-state index in [4.69, 9.17) is 9.47 Å². The number of benzene rings is 2. The van der Waals surface area contributed by atoms with Gasteiger partial charge in [-0.3, -0.25) is 14.3 Å². The number of fused-ring (bicyclic) bond motifs is 1. The molecule has 0 unspecified atom stereocenters. The SMILES string of the molecule is COc1ccc(C(=O)N[C@@H]2C(=O)Nc3c(c(C)nn3C)[C@H]2c2ccc(C(F)(F)F)cc2)cc1OC. The number of rotatable bonds is 5. The van der Waals surface area contributed by atoms with Gasteiger partial charge in [0.05, 0.1) is 25.5 Å². The van der Waals surface area contributed by atoms with Crippen LogP contribution >= 0.6 is 0 Å². The third-order valence-corrected chi connectivity index (χ3v) is 5.97. The third-order valence-electron chi connectivity index (χ3n) is 5.97. The second-order valence-electron chi connectivity index (χ2n) is 8.08. The molecule has 0 fully saturated rings. The zero-order chi connectivity index (χ0) is 25.5. The van der Waals surface area contributed by atoms with Crippen molar-refractivity contribution in [3.63, 3.8) is 0 Å². The van der Waals surface area contributed by atoms with Crippen molar-refractivity contribution in [3.05, 3.63) is 70.4 Å². The van der Waals surface area contributed by atoms with Crippen molar-refractivity contribution in [3.8, 4) is 11.5 Å². The van der Waals surface area contributed by atoms with Crippen molar-refractivity contribution in [1.82, 2.24) is 15.1 Å². The predicted octanol–water partition coefficient (Wildman–Crippen LogP) is 3.65. The number of halogens is 3. The molecule has 8 nitrogen and oxygen atoms in total. The quantitative estimate of drug-likeness (QED) is 0.572. The van der Waals surface area contributed by atoms with Gasteiger partial charge in [0.15, 0.2) is 11.5 Å². The maximum Gasteiger partial charge on any atom is 0.416 e. The number of nitrogens with zero attached hydrogens (tertiary/aromatic N) is 2. The van der Waals surface area contributed by atoms with Crippen molar-refractivity contribution < 1.29 is 32.2 Å². The zero-order valence-electron chi connectivity index (χ0n) is 19.4. The first kappa shape index (κ1) is 24.1. The molecule has 35 heavy (non-hydrogen) atoms. The average molecular weight is 488 g/mol. The topological polar surface area (TPSA) is 94.5 Å². The van der Waals surface area contributed by atoms with Crippen molar-refractivity contribution in [1.29, 1.82) is 0 Å². The zero-order valence-corrected chi connectivity index (χ0v) is 19.4. The molecule has 1 aromatic heterocycles. The molecule has 2 heterocycles. The van der Waals surface area contributed by atoms with Crippen molar-refractivity contribution >= 4 is 17.6 Å². The lowest BCUT2D eigenvalue weighted by Gasteiger charge is -2.32. The predicted molar refractivity (Wildman–Crippen MR) is 121 cm³/mol. The van der Waals surface area contributed by atoms with Gasteiger partial charge in [-0.1, -0.05) is 12.1 Å². The maximum atomic E-state index is 13.1. The first-order valence-corrected chi connectivity index (χ1v) is 10.6. The Hall–Kier alpha value is -4.02. The Balaban J connectivity index is 1.75. The first-order valence-electron chi connectivity index (χ1n) is 10.6. The van der Waals surface area contributed by atoms with Crippen molar-refractivity contribution in [2.45, 2.75) is 25.1 Å². The number of hydrogen-bond donors (Lipinski definition) is 2. The number of aromatic nitrogens is 2. The average Bonchev–Trinajstić information content (AvgIpc) is 3.11. The Morgan fingerprint density at radius 2 is 1.74 bits per heavy atom. The van der Waals surface area contributed by atoms with Gasteiger partial charge in [0.2, 0.25) is 5.91 Å². The van der Waals surface area contributed by atoms with Crippen LogP contribution < -0.4 is 20.1 Å². The molecule has 0 spiro atoms. The molecule has 2 atom stereocenters. The van der Waals surface area contributed by atoms with Gasteiger partial charge < -0.3 is 20.1 Å². The van der Waals surface area contributed by atoms with Gasteiger partial charge in [-0.2, -0.15) is 18.3 Å². The van der Waals surface area contributed by atoms with E-state index >= 15 is 0 Å². The second-order valence-corrected chi connectivity index (χ2v) is 8.08. The van der Waals surface area contributed by atoms with Crippen LogP contribution in [-0.2, 0) is 18.0 Å². The van der Waals surface area contributed by atoms with E-state index in [0.717, 1.165) is 12.1 Å². The van der Waals surface area contributed by atoms with Crippen LogP contribution in [0.4, 0.5) is 19.0 Å². The molecule has 0 bridgehead atoms. The number of hydrogen-bond acceptors (Lipinski definition) is 5. The van der Waals surface area contributed by atoms with Crippen LogP contribution in [0.2, 0.25) is 0 Å². The van der Waals surface area contributed by atoms with Gasteiger partial charge in [0, 0.05) is 24.1 Å². The van der Waals surface area contributed by atoms with E-state index in [0.29, 0.717) is 34.1 Å². The van der Waals surface area contributed by atoms with E-state index < -0.39 is 35.5 Å². The molecule has 2 aromatic carbocycles. The molecule has 0 saturated heterocycles. The van der Waals surface area contributed by atoms with Gasteiger partial charge in [0.25, 0.3) is 5.91 Å². The normalized spacial score (nSPS) is 17.4. The highest BCUT2D eigenvalue weighted by Gasteiger charge is 2.41. The fraction of sp³-hybridized carbons (Fsp3) is 0.292. The van der Waals surface area contributed by atoms with Crippen LogP contribution in [0.3, 0.4) is 0 Å². The minimum Gasteiger partial charge on any atom is -0.493 e. The van der Waals surface area contributed by atoms with Crippen molar-refractivity contribution in [2.75, 3.05) is 19.5 Å². The van der Waals surface area contributed by atoms with E-state index in [1.807, 2.05) is 0 Å². The summed E-state index contributed by atoms with van der Waals surface area (Å²) in [4.78, 5) is 26.3. The summed E-state index contributed by atoms with van der Waals surface area (Å²) >= 11 is 0. The van der Waals surface area contributed by atoms with Gasteiger partial charge in [0.1, 0.15) is 11.9 Å². The number of carbonyl (C=O) groups is 2. The molecule has 0 aliphatic carbocycles. The van der Waals surface area contributed by atoms with E-state index in [1.54, 1.807) is 20.0 Å². The highest BCUT2D eigenvalue weighted by atomic mass is 19.4. The largest absolute Gasteiger partial charge is 0.493 e. The minimum atomic E-state index is -4.50. The van der Waals surface area contributed by atoms with E-state index in [1.165, 1.54) is 43.2 Å². The Bertz CT molecular complexity index is 1290. The molecular formula is C24H23F3N4O4. The molecular weight excluding hydrogens is 465 g/mol. The number of carbonyl (C=O) groups excluding carboxylic acids is 2. The minimum absolute atomic E-state index is 0.218. The number of nitrogens with one attached hydrogen (secondary N) is 2. The van der Waals surface area contributed by atoms with Crippen LogP contribution in [0.1, 0.15) is 38.7 Å². The van der Waals surface area contributed by atoms with Gasteiger partial charge >= 0.3 is 6.18 Å². The monoisotopic (exact) mass is 488 g/mol. The van der Waals surface area contributed by atoms with Crippen LogP contribution in [0, 0.1) is 6.92 Å². The van der Waals surface area contributed by atoms with Crippen LogP contribution in [-0.4, -0.2) is 41.9 Å². The number of amides is 2. The van der Waals surface area contributed by atoms with Crippen LogP contribution in [0.5, 0.6) is 11.5 Å². The summed E-state index contributed by atoms with van der Waals surface area (Å²) in [6.45, 7) is 1.74. The van der Waals surface area contributed by atoms with Crippen LogP contribution in [0.15, 0.2) is 42.5 Å². The van der Waals surface area contributed by atoms with Gasteiger partial charge in [-0.05, 0) is 42.8 Å². The van der Waals surface area contributed by atoms with Gasteiger partial charge in [-0.15, -0.1) is 0 Å². The summed E-state index contributed by atoms with van der Waals surface area (Å²) in [6, 6.07) is 8.00. The Kier molecular flexibility index (Phi) is 6.18. The molecule has 0 radical (unpaired) electrons. The highest BCUT2D eigenvalue weighted by Crippen LogP contribution is 2.40. The Morgan fingerprint density at radius 1 is 1.09 bits per heavy atom. The summed E-state index contributed by atoms with van der Waals surface area (Å²) in [5.41, 5.74) is 1.04. The van der Waals surface area contributed by atoms with E-state index in [-0.39, 0.29) is 5.56 Å². The molecule has 2 amide bonds. The maximum absolute atomic E-state index is 13.1. The summed E-state index contributed by atoms with van der Waals surface area (Å²) in [5.74, 6) is -0.657. The number of aryl methyl sites for hydroxylation is 2. The van der Waals surface area contributed by atoms with Crippen LogP contribution in [0.25, 0.3) is 0 Å². The summed E-state index contributed by atoms with van der Waals surface area (Å²) < 4.78 is 51.3. The number of alkyl halides is 3. The van der Waals surface area contributed by atoms with E-state index in [9.17, 15) is 22.8 Å². The molecule has 3 aromatic rings. The standard InChI is InChI=1S/C24H23F3N4O4/c1-12-18-19(13-5-8-15(9-6-13)24(25,26)27)20(23(33)29-21(18)31(2)30-12)28-22(32)14-7-10-16(34-3)17(11-14)35-4/h5-11,19-20H,1-4H3,(H,28,32)(H,29,33)/t19-,20+/m1/s1. The molecule has 1 aliphatic heterocycles. The van der Waals surface area contributed by atoms with Gasteiger partial charge in [-0.25, -0.2) is 0 Å². The Labute approximate surface area is 199 Å². The molecule has 184 valence electrons. The molecule has 11 heteroatoms. The lowest BCUT2D eigenvalue weighted by molar-refractivity contribution is -0.137. The lowest BCUT2D eigenvalue weighted by atomic mass is 9.81. The van der Waals surface area contributed by atoms with E-state index in [2.05, 4.69) is 15.7 Å². The summed E-state index contributed by atoms with van der Waals surface area (Å²) in [6.07, 6.45) is -4.50. The number of ether oxygens (including phenoxy) is 2. The molecule has 2 N–H and O–H groups in total. The summed E-state index contributed by atoms with van der Waals surface area (Å²) in [7, 11) is 4.55. The smallest absolute Gasteiger partial charge is 0.416 e. The highest BCUT2D eigenvalue weighted by molar-refractivity contribution is 6.04. The summed E-state index contributed by atoms with van der Waals surface area (Å²) in [5, 5.41) is 9.84. The lowest BCUT2D eigenvalue weighted by Crippen LogP contribution is -2.50. The molecule has 4 rings (SSSR count). The second kappa shape index (κ2) is 8.97. The fourth-order valence-electron chi connectivity index (χ4n) is 4.30. The number of methoxy groups -OCH3 is 2.